The highest BCUT2D eigenvalue weighted by molar-refractivity contribution is 5.79. The standard InChI is InChI=1S/C21H29FN4/c1-23-21(24-13-12-18-10-7-11-19(22)14-18)25-16-20(26(2)3)15-17-8-5-4-6-9-17/h4-11,14,20H,12-13,15-16H2,1-3H3,(H2,23,24,25). The van der Waals surface area contributed by atoms with Gasteiger partial charge in [-0.15, -0.1) is 0 Å². The van der Waals surface area contributed by atoms with E-state index in [1.54, 1.807) is 19.2 Å². The minimum atomic E-state index is -0.195. The van der Waals surface area contributed by atoms with E-state index in [9.17, 15) is 4.39 Å². The highest BCUT2D eigenvalue weighted by Gasteiger charge is 2.13. The van der Waals surface area contributed by atoms with Crippen molar-refractivity contribution in [2.24, 2.45) is 4.99 Å². The van der Waals surface area contributed by atoms with Gasteiger partial charge in [-0.25, -0.2) is 4.39 Å². The highest BCUT2D eigenvalue weighted by Crippen LogP contribution is 2.06. The average molecular weight is 356 g/mol. The van der Waals surface area contributed by atoms with Gasteiger partial charge in [-0.2, -0.15) is 0 Å². The van der Waals surface area contributed by atoms with E-state index in [1.807, 2.05) is 12.1 Å². The average Bonchev–Trinajstić information content (AvgIpc) is 2.64. The Hall–Kier alpha value is -2.40. The molecule has 0 aromatic heterocycles. The minimum absolute atomic E-state index is 0.195. The smallest absolute Gasteiger partial charge is 0.191 e. The summed E-state index contributed by atoms with van der Waals surface area (Å²) in [5.41, 5.74) is 2.30. The van der Waals surface area contributed by atoms with Crippen molar-refractivity contribution in [3.8, 4) is 0 Å². The number of aliphatic imine (C=N–C) groups is 1. The summed E-state index contributed by atoms with van der Waals surface area (Å²) in [7, 11) is 5.95. The summed E-state index contributed by atoms with van der Waals surface area (Å²) >= 11 is 0. The van der Waals surface area contributed by atoms with Crippen molar-refractivity contribution in [2.75, 3.05) is 34.2 Å². The second-order valence-corrected chi connectivity index (χ2v) is 6.57. The second-order valence-electron chi connectivity index (χ2n) is 6.57. The van der Waals surface area contributed by atoms with Crippen molar-refractivity contribution < 1.29 is 4.39 Å². The Labute approximate surface area is 156 Å². The molecule has 0 saturated carbocycles. The van der Waals surface area contributed by atoms with E-state index in [4.69, 9.17) is 0 Å². The summed E-state index contributed by atoms with van der Waals surface area (Å²) in [5, 5.41) is 6.69. The molecular formula is C21H29FN4. The van der Waals surface area contributed by atoms with E-state index in [0.29, 0.717) is 12.6 Å². The van der Waals surface area contributed by atoms with Crippen LogP contribution in [0, 0.1) is 5.82 Å². The van der Waals surface area contributed by atoms with E-state index in [2.05, 4.69) is 58.9 Å². The number of hydrogen-bond donors (Lipinski definition) is 2. The maximum atomic E-state index is 13.2. The molecule has 2 aromatic rings. The molecule has 0 fully saturated rings. The van der Waals surface area contributed by atoms with Gasteiger partial charge in [0.15, 0.2) is 5.96 Å². The van der Waals surface area contributed by atoms with Crippen LogP contribution in [0.5, 0.6) is 0 Å². The fourth-order valence-corrected chi connectivity index (χ4v) is 2.78. The molecule has 2 N–H and O–H groups in total. The highest BCUT2D eigenvalue weighted by atomic mass is 19.1. The molecule has 26 heavy (non-hydrogen) atoms. The molecule has 2 rings (SSSR count). The monoisotopic (exact) mass is 356 g/mol. The lowest BCUT2D eigenvalue weighted by atomic mass is 10.1. The molecule has 2 aromatic carbocycles. The molecule has 140 valence electrons. The maximum Gasteiger partial charge on any atom is 0.191 e. The topological polar surface area (TPSA) is 39.7 Å². The summed E-state index contributed by atoms with van der Waals surface area (Å²) < 4.78 is 13.2. The van der Waals surface area contributed by atoms with Crippen LogP contribution in [0.25, 0.3) is 0 Å². The number of guanidine groups is 1. The third kappa shape index (κ3) is 6.84. The maximum absolute atomic E-state index is 13.2. The number of likely N-dealkylation sites (N-methyl/N-ethyl adjacent to an activating group) is 1. The largest absolute Gasteiger partial charge is 0.356 e. The number of nitrogens with one attached hydrogen (secondary N) is 2. The van der Waals surface area contributed by atoms with Crippen LogP contribution in [0.3, 0.4) is 0 Å². The number of nitrogens with zero attached hydrogens (tertiary/aromatic N) is 2. The first-order chi connectivity index (χ1) is 12.6. The van der Waals surface area contributed by atoms with Gasteiger partial charge < -0.3 is 15.5 Å². The van der Waals surface area contributed by atoms with Gasteiger partial charge >= 0.3 is 0 Å². The van der Waals surface area contributed by atoms with Crippen LogP contribution >= 0.6 is 0 Å². The van der Waals surface area contributed by atoms with Gasteiger partial charge in [-0.3, -0.25) is 4.99 Å². The van der Waals surface area contributed by atoms with Gasteiger partial charge in [-0.05, 0) is 50.2 Å². The van der Waals surface area contributed by atoms with E-state index >= 15 is 0 Å². The Bertz CT molecular complexity index is 685. The first-order valence-corrected chi connectivity index (χ1v) is 8.98. The van der Waals surface area contributed by atoms with Gasteiger partial charge in [-0.1, -0.05) is 42.5 Å². The lowest BCUT2D eigenvalue weighted by molar-refractivity contribution is 0.290. The molecule has 4 nitrogen and oxygen atoms in total. The van der Waals surface area contributed by atoms with E-state index in [-0.39, 0.29) is 5.82 Å². The summed E-state index contributed by atoms with van der Waals surface area (Å²) in [6, 6.07) is 17.6. The van der Waals surface area contributed by atoms with Crippen LogP contribution in [-0.4, -0.2) is 51.1 Å². The summed E-state index contributed by atoms with van der Waals surface area (Å²) in [6.45, 7) is 1.50. The van der Waals surface area contributed by atoms with Crippen LogP contribution in [0.1, 0.15) is 11.1 Å². The van der Waals surface area contributed by atoms with Crippen molar-refractivity contribution in [2.45, 2.75) is 18.9 Å². The number of halogens is 1. The summed E-state index contributed by atoms with van der Waals surface area (Å²) in [5.74, 6) is 0.570. The van der Waals surface area contributed by atoms with Crippen LogP contribution in [-0.2, 0) is 12.8 Å². The lowest BCUT2D eigenvalue weighted by Crippen LogP contribution is -2.46. The second kappa shape index (κ2) is 10.6. The Morgan fingerprint density at radius 3 is 2.42 bits per heavy atom. The predicted octanol–water partition coefficient (Wildman–Crippen LogP) is 2.71. The molecule has 0 saturated heterocycles. The van der Waals surface area contributed by atoms with Gasteiger partial charge in [0, 0.05) is 26.2 Å². The van der Waals surface area contributed by atoms with Gasteiger partial charge in [0.05, 0.1) is 0 Å². The van der Waals surface area contributed by atoms with Crippen molar-refractivity contribution in [3.63, 3.8) is 0 Å². The van der Waals surface area contributed by atoms with Crippen LogP contribution in [0.15, 0.2) is 59.6 Å². The Morgan fingerprint density at radius 1 is 1.04 bits per heavy atom. The molecule has 0 heterocycles. The van der Waals surface area contributed by atoms with E-state index in [0.717, 1.165) is 30.9 Å². The molecular weight excluding hydrogens is 327 g/mol. The molecule has 1 atom stereocenters. The Balaban J connectivity index is 1.80. The van der Waals surface area contributed by atoms with Crippen molar-refractivity contribution >= 4 is 5.96 Å². The van der Waals surface area contributed by atoms with Crippen molar-refractivity contribution in [1.29, 1.82) is 0 Å². The predicted molar refractivity (Wildman–Crippen MR) is 107 cm³/mol. The third-order valence-electron chi connectivity index (χ3n) is 4.37. The lowest BCUT2D eigenvalue weighted by Gasteiger charge is -2.25. The van der Waals surface area contributed by atoms with Crippen LogP contribution in [0.4, 0.5) is 4.39 Å². The molecule has 1 unspecified atom stereocenters. The Morgan fingerprint density at radius 2 is 1.77 bits per heavy atom. The number of benzene rings is 2. The molecule has 0 bridgehead atoms. The van der Waals surface area contributed by atoms with E-state index in [1.165, 1.54) is 11.6 Å². The van der Waals surface area contributed by atoms with E-state index < -0.39 is 0 Å². The zero-order valence-electron chi connectivity index (χ0n) is 15.9. The Kier molecular flexibility index (Phi) is 8.09. The SMILES string of the molecule is CN=C(NCCc1cccc(F)c1)NCC(Cc1ccccc1)N(C)C. The molecule has 0 radical (unpaired) electrons. The van der Waals surface area contributed by atoms with Gasteiger partial charge in [0.2, 0.25) is 0 Å². The zero-order valence-corrected chi connectivity index (χ0v) is 15.9. The van der Waals surface area contributed by atoms with Gasteiger partial charge in [0.1, 0.15) is 5.82 Å². The molecule has 5 heteroatoms. The normalized spacial score (nSPS) is 12.9. The summed E-state index contributed by atoms with van der Waals surface area (Å²) in [4.78, 5) is 6.50. The quantitative estimate of drug-likeness (QED) is 0.564. The summed E-state index contributed by atoms with van der Waals surface area (Å²) in [6.07, 6.45) is 1.72. The van der Waals surface area contributed by atoms with Crippen LogP contribution in [0.2, 0.25) is 0 Å². The fourth-order valence-electron chi connectivity index (χ4n) is 2.78. The molecule has 0 aliphatic rings. The fraction of sp³-hybridized carbons (Fsp3) is 0.381. The first kappa shape index (κ1) is 19.9. The van der Waals surface area contributed by atoms with Crippen molar-refractivity contribution in [1.82, 2.24) is 15.5 Å². The number of rotatable bonds is 8. The molecule has 0 amide bonds. The minimum Gasteiger partial charge on any atom is -0.356 e. The van der Waals surface area contributed by atoms with Crippen molar-refractivity contribution in [3.05, 3.63) is 71.5 Å². The molecule has 0 aliphatic heterocycles. The first-order valence-electron chi connectivity index (χ1n) is 8.98. The zero-order chi connectivity index (χ0) is 18.8. The third-order valence-corrected chi connectivity index (χ3v) is 4.37. The molecule has 0 aliphatic carbocycles. The van der Waals surface area contributed by atoms with Gasteiger partial charge in [0.25, 0.3) is 0 Å². The van der Waals surface area contributed by atoms with Crippen LogP contribution < -0.4 is 10.6 Å². The number of hydrogen-bond acceptors (Lipinski definition) is 2. The molecule has 0 spiro atoms.